The molecule has 0 aliphatic rings. The highest BCUT2D eigenvalue weighted by Crippen LogP contribution is 1.67. The van der Waals surface area contributed by atoms with E-state index >= 15 is 0 Å². The van der Waals surface area contributed by atoms with E-state index < -0.39 is 9.05 Å². The van der Waals surface area contributed by atoms with E-state index in [4.69, 9.17) is 19.2 Å². The van der Waals surface area contributed by atoms with Crippen LogP contribution >= 0.6 is 0 Å². The predicted molar refractivity (Wildman–Crippen MR) is 38.3 cm³/mol. The smallest absolute Gasteiger partial charge is 0.412 e. The average Bonchev–Trinajstić information content (AvgIpc) is 0.722. The highest BCUT2D eigenvalue weighted by Gasteiger charge is 2.22. The molecular weight excluding hydrogens is 164 g/mol. The molecule has 0 rings (SSSR count). The van der Waals surface area contributed by atoms with Crippen molar-refractivity contribution in [3.05, 3.63) is 0 Å². The largest absolute Gasteiger partial charge is 0.668 e. The van der Waals surface area contributed by atoms with Crippen LogP contribution in [0.25, 0.3) is 0 Å². The van der Waals surface area contributed by atoms with Crippen LogP contribution in [0.1, 0.15) is 0 Å². The summed E-state index contributed by atoms with van der Waals surface area (Å²) in [4.78, 5) is 29.3. The Kier molecular flexibility index (Phi) is 82.8. The maximum absolute atomic E-state index is 7.33. The van der Waals surface area contributed by atoms with E-state index in [0.29, 0.717) is 0 Å². The van der Waals surface area contributed by atoms with Crippen molar-refractivity contribution < 1.29 is 24.7 Å². The predicted octanol–water partition coefficient (Wildman–Crippen LogP) is -2.79. The van der Waals surface area contributed by atoms with Gasteiger partial charge in [0.05, 0.1) is 0 Å². The molecule has 0 saturated heterocycles. The highest BCUT2D eigenvalue weighted by atomic mass is 28.4. The third kappa shape index (κ3) is 18000. The second kappa shape index (κ2) is 15.9. The van der Waals surface area contributed by atoms with Crippen LogP contribution < -0.4 is 24.6 Å². The van der Waals surface area contributed by atoms with Gasteiger partial charge in [0.15, 0.2) is 0 Å². The summed E-state index contributed by atoms with van der Waals surface area (Å²) >= 11 is 0. The van der Waals surface area contributed by atoms with Crippen molar-refractivity contribution in [2.45, 2.75) is 0 Å². The second-order valence-electron chi connectivity index (χ2n) is 0.600. The van der Waals surface area contributed by atoms with Gasteiger partial charge in [0.25, 0.3) is 0 Å². The third-order valence-electron chi connectivity index (χ3n) is 0. The van der Waals surface area contributed by atoms with Gasteiger partial charge >= 0.3 is 9.05 Å². The van der Waals surface area contributed by atoms with Crippen molar-refractivity contribution in [2.24, 2.45) is 0 Å². The molecule has 0 bridgehead atoms. The Labute approximate surface area is 59.4 Å². The summed E-state index contributed by atoms with van der Waals surface area (Å²) in [6, 6.07) is 0. The van der Waals surface area contributed by atoms with Crippen LogP contribution in [0.4, 0.5) is 0 Å². The molecule has 0 unspecified atom stereocenters. The zero-order valence-electron chi connectivity index (χ0n) is 5.62. The van der Waals surface area contributed by atoms with E-state index in [1.165, 1.54) is 0 Å². The lowest BCUT2D eigenvalue weighted by Crippen LogP contribution is -2.33. The molecule has 0 spiro atoms. The van der Waals surface area contributed by atoms with Crippen LogP contribution in [-0.4, -0.2) is 33.7 Å². The van der Waals surface area contributed by atoms with Gasteiger partial charge in [-0.15, -0.1) is 0 Å². The number of hydrogen-bond acceptors (Lipinski definition) is 8. The first-order valence-corrected chi connectivity index (χ1v) is 2.68. The summed E-state index contributed by atoms with van der Waals surface area (Å²) in [5.41, 5.74) is 0. The number of rotatable bonds is 0. The Bertz CT molecular complexity index is 29.1. The van der Waals surface area contributed by atoms with Gasteiger partial charge in [-0.05, 0) is 0 Å². The molecule has 0 aliphatic carbocycles. The Morgan fingerprint density at radius 3 is 0.600 bits per heavy atom. The quantitative estimate of drug-likeness (QED) is 0.181. The molecule has 72 valence electrons. The molecule has 0 fully saturated rings. The topological polar surface area (TPSA) is 252 Å². The molecule has 10 heteroatoms. The van der Waals surface area contributed by atoms with E-state index in [0.717, 1.165) is 0 Å². The fourth-order valence-electron chi connectivity index (χ4n) is 0. The van der Waals surface area contributed by atoms with E-state index in [1.54, 1.807) is 0 Å². The van der Waals surface area contributed by atoms with Gasteiger partial charge in [-0.2, -0.15) is 0 Å². The number of hydrogen-bond donors (Lipinski definition) is 8. The lowest BCUT2D eigenvalue weighted by atomic mass is 14.0. The average molecular weight is 182 g/mol. The Morgan fingerprint density at radius 2 is 0.600 bits per heavy atom. The molecular formula is H18N4O5Si. The van der Waals surface area contributed by atoms with E-state index in [1.807, 2.05) is 0 Å². The van der Waals surface area contributed by atoms with E-state index in [-0.39, 0.29) is 30.1 Å². The Balaban J connectivity index is -0.00000000800. The molecule has 0 heterocycles. The van der Waals surface area contributed by atoms with Crippen LogP contribution in [0, 0.1) is 0 Å². The van der Waals surface area contributed by atoms with E-state index in [2.05, 4.69) is 0 Å². The fraction of sp³-hybridized carbons (Fsp3) is 0. The molecule has 0 amide bonds. The normalized spacial score (nSPS) is 6.00. The first-order valence-electron chi connectivity index (χ1n) is 0.894. The van der Waals surface area contributed by atoms with Crippen molar-refractivity contribution in [3.63, 3.8) is 0 Å². The van der Waals surface area contributed by atoms with Crippen molar-refractivity contribution in [1.82, 2.24) is 24.6 Å². The zero-order valence-corrected chi connectivity index (χ0v) is 6.62. The lowest BCUT2D eigenvalue weighted by molar-refractivity contribution is 0.117. The highest BCUT2D eigenvalue weighted by molar-refractivity contribution is 6.46. The maximum atomic E-state index is 7.33. The Morgan fingerprint density at radius 1 is 0.600 bits per heavy atom. The van der Waals surface area contributed by atoms with E-state index in [9.17, 15) is 0 Å². The molecule has 0 aromatic carbocycles. The summed E-state index contributed by atoms with van der Waals surface area (Å²) in [5, 5.41) is 0. The van der Waals surface area contributed by atoms with Crippen LogP contribution in [0.2, 0.25) is 0 Å². The lowest BCUT2D eigenvalue weighted by Gasteiger charge is -1.91. The summed E-state index contributed by atoms with van der Waals surface area (Å²) in [6.07, 6.45) is 0. The molecule has 0 atom stereocenters. The molecule has 0 radical (unpaired) electrons. The zero-order chi connectivity index (χ0) is 4.50. The fourth-order valence-corrected chi connectivity index (χ4v) is 0. The molecule has 0 aliphatic heterocycles. The summed E-state index contributed by atoms with van der Waals surface area (Å²) in [7, 11) is -4.61. The van der Waals surface area contributed by atoms with Crippen LogP contribution in [0.3, 0.4) is 0 Å². The molecule has 9 nitrogen and oxygen atoms in total. The standard InChI is InChI=1S/4H3N.H4O4Si.H2O/c;;;;1-5(2,3)4;/h4*1H3;1-4H;1H2. The van der Waals surface area contributed by atoms with Crippen LogP contribution in [-0.2, 0) is 0 Å². The molecule has 0 saturated carbocycles. The minimum atomic E-state index is -4.61. The maximum Gasteiger partial charge on any atom is 0.668 e. The first-order chi connectivity index (χ1) is 2.00. The van der Waals surface area contributed by atoms with Gasteiger partial charge in [-0.3, -0.25) is 0 Å². The molecule has 0 aromatic heterocycles. The van der Waals surface area contributed by atoms with Gasteiger partial charge in [0.2, 0.25) is 0 Å². The Hall–Kier alpha value is -0.143. The van der Waals surface area contributed by atoms with Crippen molar-refractivity contribution in [3.8, 4) is 0 Å². The minimum absolute atomic E-state index is 0. The van der Waals surface area contributed by atoms with Crippen LogP contribution in [0.5, 0.6) is 0 Å². The summed E-state index contributed by atoms with van der Waals surface area (Å²) in [6.45, 7) is 0. The van der Waals surface area contributed by atoms with Gasteiger partial charge in [-0.1, -0.05) is 0 Å². The van der Waals surface area contributed by atoms with Gasteiger partial charge in [0, 0.05) is 0 Å². The van der Waals surface area contributed by atoms with Crippen molar-refractivity contribution >= 4 is 9.05 Å². The molecule has 10 heavy (non-hydrogen) atoms. The minimum Gasteiger partial charge on any atom is -0.412 e. The van der Waals surface area contributed by atoms with Gasteiger partial charge < -0.3 is 49.3 Å². The molecule has 0 aromatic rings. The van der Waals surface area contributed by atoms with Crippen LogP contribution in [0.15, 0.2) is 0 Å². The molecule has 18 N–H and O–H groups in total. The third-order valence-corrected chi connectivity index (χ3v) is 0. The summed E-state index contributed by atoms with van der Waals surface area (Å²) in [5.74, 6) is 0. The SMILES string of the molecule is N.N.N.N.O.O[Si](O)(O)O. The first kappa shape index (κ1) is 52.0. The van der Waals surface area contributed by atoms with Crippen molar-refractivity contribution in [1.29, 1.82) is 0 Å². The second-order valence-corrected chi connectivity index (χ2v) is 1.80. The van der Waals surface area contributed by atoms with Gasteiger partial charge in [0.1, 0.15) is 0 Å². The van der Waals surface area contributed by atoms with Crippen molar-refractivity contribution in [2.75, 3.05) is 0 Å². The monoisotopic (exact) mass is 182 g/mol. The summed E-state index contributed by atoms with van der Waals surface area (Å²) < 4.78 is 0. The van der Waals surface area contributed by atoms with Gasteiger partial charge in [-0.25, -0.2) is 0 Å².